The van der Waals surface area contributed by atoms with E-state index in [9.17, 15) is 9.59 Å². The third-order valence-electron chi connectivity index (χ3n) is 2.73. The van der Waals surface area contributed by atoms with Gasteiger partial charge < -0.3 is 10.1 Å². The molecule has 2 rings (SSSR count). The highest BCUT2D eigenvalue weighted by Crippen LogP contribution is 2.16. The van der Waals surface area contributed by atoms with Gasteiger partial charge in [0.2, 0.25) is 5.91 Å². The molecule has 21 heavy (non-hydrogen) atoms. The summed E-state index contributed by atoms with van der Waals surface area (Å²) in [4.78, 5) is 25.3. The number of hydrogen-bond acceptors (Lipinski definition) is 4. The van der Waals surface area contributed by atoms with Gasteiger partial charge in [-0.05, 0) is 49.4 Å². The SMILES string of the molecule is COC(=O)c1ccc(NC(=O)/C=C/c2ccc(C)s2)cc1. The Morgan fingerprint density at radius 3 is 2.43 bits per heavy atom. The molecule has 0 atom stereocenters. The average molecular weight is 301 g/mol. The number of rotatable bonds is 4. The molecule has 1 aromatic heterocycles. The zero-order valence-corrected chi connectivity index (χ0v) is 12.6. The summed E-state index contributed by atoms with van der Waals surface area (Å²) in [5, 5.41) is 2.73. The van der Waals surface area contributed by atoms with Gasteiger partial charge in [0.25, 0.3) is 0 Å². The van der Waals surface area contributed by atoms with Crippen molar-refractivity contribution in [2.75, 3.05) is 12.4 Å². The van der Waals surface area contributed by atoms with E-state index < -0.39 is 5.97 Å². The molecule has 5 heteroatoms. The lowest BCUT2D eigenvalue weighted by Gasteiger charge is -2.03. The van der Waals surface area contributed by atoms with Gasteiger partial charge >= 0.3 is 5.97 Å². The number of aryl methyl sites for hydroxylation is 1. The molecule has 0 saturated heterocycles. The highest BCUT2D eigenvalue weighted by atomic mass is 32.1. The van der Waals surface area contributed by atoms with Gasteiger partial charge in [-0.25, -0.2) is 4.79 Å². The lowest BCUT2D eigenvalue weighted by Crippen LogP contribution is -2.08. The van der Waals surface area contributed by atoms with E-state index in [2.05, 4.69) is 10.1 Å². The number of methoxy groups -OCH3 is 1. The molecule has 1 aromatic carbocycles. The molecule has 0 aliphatic heterocycles. The van der Waals surface area contributed by atoms with Crippen LogP contribution in [0.3, 0.4) is 0 Å². The molecule has 0 unspecified atom stereocenters. The van der Waals surface area contributed by atoms with E-state index in [0.717, 1.165) is 4.88 Å². The number of benzene rings is 1. The topological polar surface area (TPSA) is 55.4 Å². The minimum Gasteiger partial charge on any atom is -0.465 e. The summed E-state index contributed by atoms with van der Waals surface area (Å²) < 4.78 is 4.61. The molecule has 1 heterocycles. The van der Waals surface area contributed by atoms with E-state index in [4.69, 9.17) is 0 Å². The van der Waals surface area contributed by atoms with Gasteiger partial charge in [-0.1, -0.05) is 0 Å². The van der Waals surface area contributed by atoms with Crippen LogP contribution in [-0.2, 0) is 9.53 Å². The summed E-state index contributed by atoms with van der Waals surface area (Å²) >= 11 is 1.63. The van der Waals surface area contributed by atoms with Crippen LogP contribution in [0.15, 0.2) is 42.5 Å². The Balaban J connectivity index is 1.96. The maximum atomic E-state index is 11.8. The van der Waals surface area contributed by atoms with Crippen molar-refractivity contribution in [2.24, 2.45) is 0 Å². The molecule has 0 bridgehead atoms. The third-order valence-corrected chi connectivity index (χ3v) is 3.70. The fourth-order valence-corrected chi connectivity index (χ4v) is 2.47. The molecule has 0 aliphatic carbocycles. The first-order valence-electron chi connectivity index (χ1n) is 6.32. The van der Waals surface area contributed by atoms with Crippen LogP contribution >= 0.6 is 11.3 Å². The van der Waals surface area contributed by atoms with Crippen molar-refractivity contribution in [1.82, 2.24) is 0 Å². The second-order valence-electron chi connectivity index (χ2n) is 4.34. The number of carbonyl (C=O) groups is 2. The Hall–Kier alpha value is -2.40. The summed E-state index contributed by atoms with van der Waals surface area (Å²) in [7, 11) is 1.33. The van der Waals surface area contributed by atoms with Crippen molar-refractivity contribution in [3.05, 3.63) is 57.8 Å². The van der Waals surface area contributed by atoms with E-state index in [1.54, 1.807) is 41.7 Å². The number of carbonyl (C=O) groups excluding carboxylic acids is 2. The average Bonchev–Trinajstić information content (AvgIpc) is 2.91. The van der Waals surface area contributed by atoms with E-state index >= 15 is 0 Å². The van der Waals surface area contributed by atoms with E-state index in [1.807, 2.05) is 19.1 Å². The molecule has 1 amide bonds. The number of esters is 1. The summed E-state index contributed by atoms with van der Waals surface area (Å²) in [6.45, 7) is 2.02. The third kappa shape index (κ3) is 4.29. The van der Waals surface area contributed by atoms with Crippen molar-refractivity contribution in [1.29, 1.82) is 0 Å². The standard InChI is InChI=1S/C16H15NO3S/c1-11-3-8-14(21-11)9-10-15(18)17-13-6-4-12(5-7-13)16(19)20-2/h3-10H,1-2H3,(H,17,18)/b10-9+. The van der Waals surface area contributed by atoms with Crippen molar-refractivity contribution in [2.45, 2.75) is 6.92 Å². The van der Waals surface area contributed by atoms with Crippen LogP contribution in [0.5, 0.6) is 0 Å². The first kappa shape index (κ1) is 15.0. The van der Waals surface area contributed by atoms with Crippen LogP contribution in [0, 0.1) is 6.92 Å². The molecule has 0 fully saturated rings. The van der Waals surface area contributed by atoms with Gasteiger partial charge in [0, 0.05) is 21.5 Å². The lowest BCUT2D eigenvalue weighted by molar-refractivity contribution is -0.111. The predicted octanol–water partition coefficient (Wildman–Crippen LogP) is 3.50. The summed E-state index contributed by atoms with van der Waals surface area (Å²) in [5.41, 5.74) is 1.07. The Bertz CT molecular complexity index is 671. The lowest BCUT2D eigenvalue weighted by atomic mass is 10.2. The summed E-state index contributed by atoms with van der Waals surface area (Å²) in [6.07, 6.45) is 3.26. The molecule has 0 saturated carbocycles. The molecular weight excluding hydrogens is 286 g/mol. The molecule has 0 aliphatic rings. The summed E-state index contributed by atoms with van der Waals surface area (Å²) in [5.74, 6) is -0.618. The minimum atomic E-state index is -0.402. The molecule has 1 N–H and O–H groups in total. The first-order chi connectivity index (χ1) is 10.1. The second kappa shape index (κ2) is 6.85. The number of amides is 1. The fourth-order valence-electron chi connectivity index (χ4n) is 1.69. The molecule has 108 valence electrons. The van der Waals surface area contributed by atoms with Gasteiger partial charge in [0.05, 0.1) is 12.7 Å². The Morgan fingerprint density at radius 1 is 1.14 bits per heavy atom. The number of thiophene rings is 1. The van der Waals surface area contributed by atoms with Crippen LogP contribution in [0.1, 0.15) is 20.1 Å². The van der Waals surface area contributed by atoms with Gasteiger partial charge in [0.15, 0.2) is 0 Å². The number of ether oxygens (including phenoxy) is 1. The molecule has 0 radical (unpaired) electrons. The van der Waals surface area contributed by atoms with Crippen LogP contribution in [0.2, 0.25) is 0 Å². The zero-order valence-electron chi connectivity index (χ0n) is 11.8. The first-order valence-corrected chi connectivity index (χ1v) is 7.14. The zero-order chi connectivity index (χ0) is 15.2. The van der Waals surface area contributed by atoms with Crippen LogP contribution in [-0.4, -0.2) is 19.0 Å². The number of anilines is 1. The largest absolute Gasteiger partial charge is 0.465 e. The smallest absolute Gasteiger partial charge is 0.337 e. The van der Waals surface area contributed by atoms with Gasteiger partial charge in [-0.3, -0.25) is 4.79 Å². The molecular formula is C16H15NO3S. The Morgan fingerprint density at radius 2 is 1.86 bits per heavy atom. The molecule has 2 aromatic rings. The Labute approximate surface area is 127 Å². The van der Waals surface area contributed by atoms with Crippen molar-refractivity contribution in [3.8, 4) is 0 Å². The molecule has 4 nitrogen and oxygen atoms in total. The van der Waals surface area contributed by atoms with Crippen LogP contribution in [0.4, 0.5) is 5.69 Å². The number of nitrogens with one attached hydrogen (secondary N) is 1. The maximum absolute atomic E-state index is 11.8. The minimum absolute atomic E-state index is 0.216. The van der Waals surface area contributed by atoms with E-state index in [-0.39, 0.29) is 5.91 Å². The van der Waals surface area contributed by atoms with Crippen molar-refractivity contribution < 1.29 is 14.3 Å². The molecule has 0 spiro atoms. The highest BCUT2D eigenvalue weighted by molar-refractivity contribution is 7.12. The monoisotopic (exact) mass is 301 g/mol. The fraction of sp³-hybridized carbons (Fsp3) is 0.125. The van der Waals surface area contributed by atoms with Crippen LogP contribution < -0.4 is 5.32 Å². The van der Waals surface area contributed by atoms with Crippen LogP contribution in [0.25, 0.3) is 6.08 Å². The highest BCUT2D eigenvalue weighted by Gasteiger charge is 2.05. The van der Waals surface area contributed by atoms with E-state index in [1.165, 1.54) is 18.1 Å². The number of hydrogen-bond donors (Lipinski definition) is 1. The van der Waals surface area contributed by atoms with Gasteiger partial charge in [-0.2, -0.15) is 0 Å². The predicted molar refractivity (Wildman–Crippen MR) is 84.5 cm³/mol. The van der Waals surface area contributed by atoms with Gasteiger partial charge in [0.1, 0.15) is 0 Å². The normalized spacial score (nSPS) is 10.6. The summed E-state index contributed by atoms with van der Waals surface area (Å²) in [6, 6.07) is 10.5. The van der Waals surface area contributed by atoms with Crippen molar-refractivity contribution in [3.63, 3.8) is 0 Å². The maximum Gasteiger partial charge on any atom is 0.337 e. The van der Waals surface area contributed by atoms with E-state index in [0.29, 0.717) is 11.3 Å². The second-order valence-corrected chi connectivity index (χ2v) is 5.66. The Kier molecular flexibility index (Phi) is 4.90. The van der Waals surface area contributed by atoms with Gasteiger partial charge in [-0.15, -0.1) is 11.3 Å². The van der Waals surface area contributed by atoms with Crippen molar-refractivity contribution >= 4 is 35.0 Å². The quantitative estimate of drug-likeness (QED) is 0.694.